The molecule has 35 heavy (non-hydrogen) atoms. The van der Waals surface area contributed by atoms with Crippen molar-refractivity contribution in [1.29, 1.82) is 5.41 Å². The molecule has 2 aliphatic rings. The molecule has 2 aromatic rings. The van der Waals surface area contributed by atoms with E-state index in [2.05, 4.69) is 57.2 Å². The first kappa shape index (κ1) is 24.8. The van der Waals surface area contributed by atoms with Crippen molar-refractivity contribution in [1.82, 2.24) is 19.8 Å². The summed E-state index contributed by atoms with van der Waals surface area (Å²) >= 11 is 0. The lowest BCUT2D eigenvalue weighted by Gasteiger charge is -2.38. The van der Waals surface area contributed by atoms with Crippen LogP contribution in [0.3, 0.4) is 0 Å². The van der Waals surface area contributed by atoms with Gasteiger partial charge in [0.15, 0.2) is 0 Å². The minimum atomic E-state index is -0.155. The Hall–Kier alpha value is -3.33. The summed E-state index contributed by atoms with van der Waals surface area (Å²) in [6.07, 6.45) is 7.47. The van der Waals surface area contributed by atoms with E-state index >= 15 is 0 Å². The number of carbonyl (C=O) groups excluding carboxylic acids is 1. The molecular formula is C26H38N8O. The van der Waals surface area contributed by atoms with E-state index in [-0.39, 0.29) is 11.9 Å². The van der Waals surface area contributed by atoms with Crippen LogP contribution in [-0.2, 0) is 0 Å². The van der Waals surface area contributed by atoms with Crippen molar-refractivity contribution in [3.8, 4) is 0 Å². The number of carbonyl (C=O) groups is 1. The van der Waals surface area contributed by atoms with E-state index in [9.17, 15) is 4.79 Å². The van der Waals surface area contributed by atoms with Crippen molar-refractivity contribution in [2.45, 2.75) is 51.6 Å². The molecule has 3 heterocycles. The third-order valence-electron chi connectivity index (χ3n) is 7.08. The van der Waals surface area contributed by atoms with Crippen LogP contribution >= 0.6 is 0 Å². The maximum atomic E-state index is 12.6. The third-order valence-corrected chi connectivity index (χ3v) is 7.08. The monoisotopic (exact) mass is 478 g/mol. The van der Waals surface area contributed by atoms with E-state index in [4.69, 9.17) is 5.41 Å². The van der Waals surface area contributed by atoms with Crippen LogP contribution < -0.4 is 20.9 Å². The molecule has 0 unspecified atom stereocenters. The summed E-state index contributed by atoms with van der Waals surface area (Å²) in [5.41, 5.74) is 2.34. The summed E-state index contributed by atoms with van der Waals surface area (Å²) < 4.78 is 2.03. The van der Waals surface area contributed by atoms with Gasteiger partial charge in [-0.1, -0.05) is 19.4 Å². The molecular weight excluding hydrogens is 440 g/mol. The fourth-order valence-electron chi connectivity index (χ4n) is 5.10. The summed E-state index contributed by atoms with van der Waals surface area (Å²) in [6, 6.07) is 6.61. The molecule has 0 radical (unpaired) electrons. The van der Waals surface area contributed by atoms with Gasteiger partial charge < -0.3 is 30.8 Å². The van der Waals surface area contributed by atoms with Gasteiger partial charge in [-0.05, 0) is 44.9 Å². The van der Waals surface area contributed by atoms with Gasteiger partial charge in [0.25, 0.3) is 5.91 Å². The lowest BCUT2D eigenvalue weighted by Crippen LogP contribution is -2.48. The molecule has 4 rings (SSSR count). The second-order valence-corrected chi connectivity index (χ2v) is 9.61. The summed E-state index contributed by atoms with van der Waals surface area (Å²) in [5, 5.41) is 17.2. The minimum Gasteiger partial charge on any atom is -0.368 e. The number of pyridine rings is 1. The fraction of sp³-hybridized carbons (Fsp3) is 0.500. The van der Waals surface area contributed by atoms with Gasteiger partial charge in [-0.25, -0.2) is 4.98 Å². The Labute approximate surface area is 208 Å². The average molecular weight is 479 g/mol. The maximum absolute atomic E-state index is 12.6. The summed E-state index contributed by atoms with van der Waals surface area (Å²) in [5.74, 6) is 1.79. The van der Waals surface area contributed by atoms with Gasteiger partial charge in [0.05, 0.1) is 11.9 Å². The molecule has 9 nitrogen and oxygen atoms in total. The first-order valence-corrected chi connectivity index (χ1v) is 12.6. The van der Waals surface area contributed by atoms with Crippen molar-refractivity contribution in [2.75, 3.05) is 48.8 Å². The number of hydrogen-bond donors (Lipinski definition) is 4. The number of hydrogen-bond acceptors (Lipinski definition) is 7. The predicted octanol–water partition coefficient (Wildman–Crippen LogP) is 3.88. The highest BCUT2D eigenvalue weighted by molar-refractivity contribution is 5.98. The number of anilines is 3. The first-order chi connectivity index (χ1) is 16.9. The van der Waals surface area contributed by atoms with Gasteiger partial charge >= 0.3 is 0 Å². The molecule has 4 N–H and O–H groups in total. The highest BCUT2D eigenvalue weighted by Crippen LogP contribution is 2.36. The predicted molar refractivity (Wildman–Crippen MR) is 143 cm³/mol. The molecule has 1 aliphatic carbocycles. The lowest BCUT2D eigenvalue weighted by molar-refractivity contribution is 0.0952. The maximum Gasteiger partial charge on any atom is 0.267 e. The number of piperazine rings is 1. The Morgan fingerprint density at radius 2 is 1.89 bits per heavy atom. The number of nitrogens with one attached hydrogen (secondary N) is 4. The Morgan fingerprint density at radius 1 is 1.17 bits per heavy atom. The Bertz CT molecular complexity index is 1040. The molecule has 188 valence electrons. The normalized spacial score (nSPS) is 17.0. The molecule has 1 aliphatic heterocycles. The van der Waals surface area contributed by atoms with Gasteiger partial charge in [0.2, 0.25) is 0 Å². The van der Waals surface area contributed by atoms with Crippen molar-refractivity contribution in [2.24, 2.45) is 0 Å². The van der Waals surface area contributed by atoms with Crippen LogP contribution in [0.1, 0.15) is 61.6 Å². The van der Waals surface area contributed by atoms with Crippen LogP contribution in [0.2, 0.25) is 0 Å². The Balaban J connectivity index is 1.45. The number of nitrogens with zero attached hydrogens (tertiary/aromatic N) is 4. The molecule has 9 heteroatoms. The van der Waals surface area contributed by atoms with E-state index < -0.39 is 0 Å². The molecule has 2 fully saturated rings. The SMILES string of the molecule is C=C(Nc1ccc(N2CCN(C(C)C)CC2)cn1)Nc1c(C=N)cc(C(=O)NC)n1C1CCCC1. The third kappa shape index (κ3) is 5.51. The van der Waals surface area contributed by atoms with Gasteiger partial charge in [0.1, 0.15) is 23.2 Å². The van der Waals surface area contributed by atoms with Crippen LogP contribution in [0.5, 0.6) is 0 Å². The standard InChI is InChI=1S/C26H38N8O/c1-18(2)32-11-13-33(14-12-32)22-9-10-24(29-17-22)30-19(3)31-25-20(16-27)15-23(26(35)28-4)34(25)21-7-5-6-8-21/h9-10,15-18,21,27,31H,3,5-8,11-14H2,1-2,4H3,(H,28,35)(H,29,30). The van der Waals surface area contributed by atoms with E-state index in [0.29, 0.717) is 34.8 Å². The fourth-order valence-corrected chi connectivity index (χ4v) is 5.10. The highest BCUT2D eigenvalue weighted by Gasteiger charge is 2.27. The molecule has 1 amide bonds. The van der Waals surface area contributed by atoms with E-state index in [1.54, 1.807) is 13.1 Å². The zero-order valence-electron chi connectivity index (χ0n) is 21.1. The molecule has 0 aromatic carbocycles. The number of rotatable bonds is 9. The van der Waals surface area contributed by atoms with Crippen molar-refractivity contribution in [3.63, 3.8) is 0 Å². The van der Waals surface area contributed by atoms with Crippen LogP contribution in [-0.4, -0.2) is 65.8 Å². The second-order valence-electron chi connectivity index (χ2n) is 9.61. The quantitative estimate of drug-likeness (QED) is 0.408. The topological polar surface area (TPSA) is 101 Å². The molecule has 1 saturated carbocycles. The van der Waals surface area contributed by atoms with Crippen molar-refractivity contribution in [3.05, 3.63) is 48.1 Å². The smallest absolute Gasteiger partial charge is 0.267 e. The van der Waals surface area contributed by atoms with Crippen LogP contribution in [0.4, 0.5) is 17.3 Å². The first-order valence-electron chi connectivity index (χ1n) is 12.6. The summed E-state index contributed by atoms with van der Waals surface area (Å²) in [4.78, 5) is 22.0. The van der Waals surface area contributed by atoms with Crippen LogP contribution in [0.15, 0.2) is 36.8 Å². The van der Waals surface area contributed by atoms with Crippen molar-refractivity contribution >= 4 is 29.4 Å². The zero-order valence-corrected chi connectivity index (χ0v) is 21.1. The zero-order chi connectivity index (χ0) is 24.9. The van der Waals surface area contributed by atoms with Gasteiger partial charge in [-0.15, -0.1) is 0 Å². The molecule has 0 atom stereocenters. The van der Waals surface area contributed by atoms with E-state index in [1.807, 2.05) is 16.8 Å². The van der Waals surface area contributed by atoms with Crippen LogP contribution in [0.25, 0.3) is 0 Å². The van der Waals surface area contributed by atoms with E-state index in [1.165, 1.54) is 6.21 Å². The summed E-state index contributed by atoms with van der Waals surface area (Å²) in [7, 11) is 1.63. The largest absolute Gasteiger partial charge is 0.368 e. The van der Waals surface area contributed by atoms with E-state index in [0.717, 1.165) is 57.5 Å². The van der Waals surface area contributed by atoms with Gasteiger partial charge in [-0.3, -0.25) is 9.69 Å². The van der Waals surface area contributed by atoms with Crippen LogP contribution in [0, 0.1) is 5.41 Å². The molecule has 1 saturated heterocycles. The molecule has 2 aromatic heterocycles. The lowest BCUT2D eigenvalue weighted by atomic mass is 10.2. The highest BCUT2D eigenvalue weighted by atomic mass is 16.1. The van der Waals surface area contributed by atoms with Gasteiger partial charge in [-0.2, -0.15) is 0 Å². The Kier molecular flexibility index (Phi) is 7.75. The Morgan fingerprint density at radius 3 is 2.46 bits per heavy atom. The van der Waals surface area contributed by atoms with Gasteiger partial charge in [0, 0.05) is 57.1 Å². The number of aromatic nitrogens is 2. The average Bonchev–Trinajstić information content (AvgIpc) is 3.52. The second kappa shape index (κ2) is 10.9. The van der Waals surface area contributed by atoms with Crippen molar-refractivity contribution < 1.29 is 4.79 Å². The number of amides is 1. The minimum absolute atomic E-state index is 0.155. The molecule has 0 bridgehead atoms. The molecule has 0 spiro atoms. The summed E-state index contributed by atoms with van der Waals surface area (Å²) in [6.45, 7) is 12.7.